The highest BCUT2D eigenvalue weighted by Gasteiger charge is 2.38. The Morgan fingerprint density at radius 1 is 1.12 bits per heavy atom. The van der Waals surface area contributed by atoms with Gasteiger partial charge >= 0.3 is 6.18 Å². The molecule has 0 saturated heterocycles. The van der Waals surface area contributed by atoms with E-state index >= 15 is 0 Å². The van der Waals surface area contributed by atoms with Crippen LogP contribution in [0.15, 0.2) is 48.9 Å². The van der Waals surface area contributed by atoms with E-state index in [0.717, 1.165) is 23.0 Å². The molecular weight excluding hydrogens is 445 g/mol. The van der Waals surface area contributed by atoms with Crippen LogP contribution in [0.1, 0.15) is 41.4 Å². The molecule has 0 saturated carbocycles. The van der Waals surface area contributed by atoms with E-state index in [1.807, 2.05) is 40.5 Å². The summed E-state index contributed by atoms with van der Waals surface area (Å²) in [6.45, 7) is 2.52. The van der Waals surface area contributed by atoms with Crippen molar-refractivity contribution in [1.82, 2.24) is 24.3 Å². The van der Waals surface area contributed by atoms with Crippen molar-refractivity contribution in [2.45, 2.75) is 38.4 Å². The summed E-state index contributed by atoms with van der Waals surface area (Å²) in [5.74, 6) is 1.21. The van der Waals surface area contributed by atoms with Gasteiger partial charge in [0.05, 0.1) is 30.4 Å². The maximum atomic E-state index is 13.8. The molecule has 10 heteroatoms. The number of hydrogen-bond acceptors (Lipinski definition) is 5. The number of fused-ring (bicyclic) bond motifs is 1. The van der Waals surface area contributed by atoms with E-state index in [4.69, 9.17) is 10.5 Å². The number of anilines is 1. The van der Waals surface area contributed by atoms with Gasteiger partial charge in [-0.2, -0.15) is 13.2 Å². The third-order valence-electron chi connectivity index (χ3n) is 6.15. The second-order valence-electron chi connectivity index (χ2n) is 8.38. The Labute approximate surface area is 194 Å². The van der Waals surface area contributed by atoms with Crippen LogP contribution < -0.4 is 10.5 Å². The minimum absolute atomic E-state index is 0.0781. The number of aromatic nitrogens is 5. The van der Waals surface area contributed by atoms with Gasteiger partial charge in [-0.3, -0.25) is 0 Å². The third kappa shape index (κ3) is 3.78. The van der Waals surface area contributed by atoms with Crippen LogP contribution in [0.25, 0.3) is 17.1 Å². The predicted molar refractivity (Wildman–Crippen MR) is 121 cm³/mol. The highest BCUT2D eigenvalue weighted by molar-refractivity contribution is 5.64. The van der Waals surface area contributed by atoms with Gasteiger partial charge in [-0.15, -0.1) is 10.2 Å². The summed E-state index contributed by atoms with van der Waals surface area (Å²) < 4.78 is 50.7. The number of benzene rings is 2. The van der Waals surface area contributed by atoms with Crippen LogP contribution in [0.3, 0.4) is 0 Å². The molecule has 0 amide bonds. The van der Waals surface area contributed by atoms with Crippen LogP contribution >= 0.6 is 0 Å². The number of methoxy groups -OCH3 is 1. The Balaban J connectivity index is 1.57. The Kier molecular flexibility index (Phi) is 5.30. The lowest BCUT2D eigenvalue weighted by Crippen LogP contribution is -2.21. The number of nitrogens with two attached hydrogens (primary N) is 1. The van der Waals surface area contributed by atoms with Crippen LogP contribution in [-0.4, -0.2) is 31.4 Å². The highest BCUT2D eigenvalue weighted by atomic mass is 19.4. The van der Waals surface area contributed by atoms with E-state index in [-0.39, 0.29) is 11.3 Å². The van der Waals surface area contributed by atoms with Gasteiger partial charge in [0.15, 0.2) is 5.82 Å². The van der Waals surface area contributed by atoms with E-state index in [2.05, 4.69) is 15.2 Å². The zero-order valence-electron chi connectivity index (χ0n) is 18.7. The molecule has 2 aromatic carbocycles. The van der Waals surface area contributed by atoms with Crippen molar-refractivity contribution in [1.29, 1.82) is 0 Å². The summed E-state index contributed by atoms with van der Waals surface area (Å²) in [5.41, 5.74) is 7.65. The van der Waals surface area contributed by atoms with Crippen molar-refractivity contribution in [3.8, 4) is 22.8 Å². The summed E-state index contributed by atoms with van der Waals surface area (Å²) >= 11 is 0. The molecule has 176 valence electrons. The fraction of sp³-hybridized carbons (Fsp3) is 0.292. The molecule has 5 rings (SSSR count). The summed E-state index contributed by atoms with van der Waals surface area (Å²) in [4.78, 5) is 4.26. The smallest absolute Gasteiger partial charge is 0.416 e. The minimum atomic E-state index is -4.51. The lowest BCUT2D eigenvalue weighted by Gasteiger charge is -2.26. The van der Waals surface area contributed by atoms with E-state index in [1.165, 1.54) is 12.1 Å². The molecule has 0 fully saturated rings. The van der Waals surface area contributed by atoms with Crippen LogP contribution in [0.2, 0.25) is 0 Å². The molecule has 2 N–H and O–H groups in total. The van der Waals surface area contributed by atoms with Gasteiger partial charge in [-0.25, -0.2) is 4.98 Å². The second kappa shape index (κ2) is 8.19. The van der Waals surface area contributed by atoms with Crippen LogP contribution in [0.4, 0.5) is 18.9 Å². The molecule has 1 atom stereocenters. The van der Waals surface area contributed by atoms with Gasteiger partial charge in [0, 0.05) is 29.9 Å². The van der Waals surface area contributed by atoms with Gasteiger partial charge in [0.2, 0.25) is 0 Å². The highest BCUT2D eigenvalue weighted by Crippen LogP contribution is 2.42. The molecule has 0 bridgehead atoms. The SMILES string of the molecule is COc1cc(-c2nnc3n2CCCC3c2ccc(N)cc2C(F)(F)F)ccc1-n1cnc(C)c1. The number of nitrogens with zero attached hydrogens (tertiary/aromatic N) is 5. The van der Waals surface area contributed by atoms with Gasteiger partial charge < -0.3 is 19.6 Å². The summed E-state index contributed by atoms with van der Waals surface area (Å²) in [6, 6.07) is 9.61. The van der Waals surface area contributed by atoms with Crippen LogP contribution in [0.5, 0.6) is 5.75 Å². The van der Waals surface area contributed by atoms with E-state index < -0.39 is 17.7 Å². The lowest BCUT2D eigenvalue weighted by molar-refractivity contribution is -0.138. The Hall–Kier alpha value is -3.82. The van der Waals surface area contributed by atoms with Crippen molar-refractivity contribution in [3.05, 3.63) is 71.6 Å². The number of nitrogen functional groups attached to an aromatic ring is 1. The van der Waals surface area contributed by atoms with Crippen molar-refractivity contribution in [2.75, 3.05) is 12.8 Å². The van der Waals surface area contributed by atoms with E-state index in [9.17, 15) is 13.2 Å². The second-order valence-corrected chi connectivity index (χ2v) is 8.38. The maximum Gasteiger partial charge on any atom is 0.416 e. The fourth-order valence-electron chi connectivity index (χ4n) is 4.59. The Bertz CT molecular complexity index is 1360. The van der Waals surface area contributed by atoms with Crippen molar-refractivity contribution in [2.24, 2.45) is 0 Å². The minimum Gasteiger partial charge on any atom is -0.495 e. The zero-order valence-corrected chi connectivity index (χ0v) is 18.7. The normalized spacial score (nSPS) is 15.9. The Morgan fingerprint density at radius 2 is 1.94 bits per heavy atom. The molecule has 0 aliphatic carbocycles. The summed E-state index contributed by atoms with van der Waals surface area (Å²) in [6.07, 6.45) is 0.346. The summed E-state index contributed by atoms with van der Waals surface area (Å²) in [7, 11) is 1.58. The number of halogens is 3. The van der Waals surface area contributed by atoms with E-state index in [0.29, 0.717) is 36.8 Å². The molecule has 1 aliphatic rings. The Morgan fingerprint density at radius 3 is 2.65 bits per heavy atom. The van der Waals surface area contributed by atoms with Gasteiger partial charge in [0.25, 0.3) is 0 Å². The van der Waals surface area contributed by atoms with Gasteiger partial charge in [0.1, 0.15) is 11.6 Å². The number of rotatable bonds is 4. The molecule has 2 aromatic heterocycles. The molecular formula is C24H23F3N6O. The van der Waals surface area contributed by atoms with Crippen LogP contribution in [0, 0.1) is 6.92 Å². The van der Waals surface area contributed by atoms with Crippen LogP contribution in [-0.2, 0) is 12.7 Å². The van der Waals surface area contributed by atoms with Gasteiger partial charge in [-0.05, 0) is 55.7 Å². The first-order valence-electron chi connectivity index (χ1n) is 10.9. The van der Waals surface area contributed by atoms with Gasteiger partial charge in [-0.1, -0.05) is 6.07 Å². The van der Waals surface area contributed by atoms with E-state index in [1.54, 1.807) is 13.4 Å². The molecule has 0 radical (unpaired) electrons. The molecule has 1 aliphatic heterocycles. The average molecular weight is 468 g/mol. The molecule has 34 heavy (non-hydrogen) atoms. The average Bonchev–Trinajstić information content (AvgIpc) is 3.44. The molecule has 4 aromatic rings. The first-order valence-corrected chi connectivity index (χ1v) is 10.9. The van der Waals surface area contributed by atoms with Crippen molar-refractivity contribution < 1.29 is 17.9 Å². The number of alkyl halides is 3. The first kappa shape index (κ1) is 22.0. The van der Waals surface area contributed by atoms with Crippen molar-refractivity contribution >= 4 is 5.69 Å². The monoisotopic (exact) mass is 468 g/mol. The molecule has 3 heterocycles. The number of aryl methyl sites for hydroxylation is 1. The zero-order chi connectivity index (χ0) is 24.0. The topological polar surface area (TPSA) is 83.8 Å². The molecule has 1 unspecified atom stereocenters. The number of ether oxygens (including phenoxy) is 1. The lowest BCUT2D eigenvalue weighted by atomic mass is 9.87. The summed E-state index contributed by atoms with van der Waals surface area (Å²) in [5, 5.41) is 8.70. The largest absolute Gasteiger partial charge is 0.495 e. The molecule has 0 spiro atoms. The standard InChI is InChI=1S/C24H23F3N6O/c1-14-12-32(13-29-14)20-8-5-15(10-21(20)34-2)22-30-31-23-18(4-3-9-33(22)23)17-7-6-16(28)11-19(17)24(25,26)27/h5-8,10-13,18H,3-4,9,28H2,1-2H3. The third-order valence-corrected chi connectivity index (χ3v) is 6.15. The quantitative estimate of drug-likeness (QED) is 0.428. The fourth-order valence-corrected chi connectivity index (χ4v) is 4.59. The predicted octanol–water partition coefficient (Wildman–Crippen LogP) is 4.97. The maximum absolute atomic E-state index is 13.8. The number of hydrogen-bond donors (Lipinski definition) is 1. The van der Waals surface area contributed by atoms with Crippen molar-refractivity contribution in [3.63, 3.8) is 0 Å². The number of imidazole rings is 1. The molecule has 7 nitrogen and oxygen atoms in total. The first-order chi connectivity index (χ1) is 16.3.